The van der Waals surface area contributed by atoms with Crippen LogP contribution in [0.1, 0.15) is 31.7 Å². The van der Waals surface area contributed by atoms with Gasteiger partial charge in [-0.3, -0.25) is 4.79 Å². The predicted molar refractivity (Wildman–Crippen MR) is 107 cm³/mol. The first-order valence-corrected chi connectivity index (χ1v) is 9.46. The van der Waals surface area contributed by atoms with Crippen LogP contribution in [-0.2, 0) is 11.3 Å². The number of fused-ring (bicyclic) bond motifs is 2. The Morgan fingerprint density at radius 1 is 1.25 bits per heavy atom. The highest BCUT2D eigenvalue weighted by Crippen LogP contribution is 2.36. The number of rotatable bonds is 5. The molecule has 148 valence electrons. The second kappa shape index (κ2) is 7.18. The summed E-state index contributed by atoms with van der Waals surface area (Å²) in [5.41, 5.74) is 1.68. The number of hydrogen-bond acceptors (Lipinski definition) is 7. The average molecular weight is 383 g/mol. The Labute approximate surface area is 164 Å². The Hall–Kier alpha value is -3.03. The highest BCUT2D eigenvalue weighted by atomic mass is 16.7. The topological polar surface area (TPSA) is 88.6 Å². The quantitative estimate of drug-likeness (QED) is 0.821. The van der Waals surface area contributed by atoms with E-state index in [1.807, 2.05) is 37.1 Å². The molecule has 2 aliphatic heterocycles. The number of hydrogen-bond donors (Lipinski definition) is 2. The van der Waals surface area contributed by atoms with Gasteiger partial charge in [0.2, 0.25) is 12.7 Å². The smallest absolute Gasteiger partial charge is 0.247 e. The SMILES string of the molecule is Cc1nc2c(c(N(C)Cc3ccc4c(c3)OCO4)n1)NC(=O)C(CC(C)C)N2. The molecule has 3 heterocycles. The van der Waals surface area contributed by atoms with Gasteiger partial charge in [-0.15, -0.1) is 0 Å². The number of benzene rings is 1. The summed E-state index contributed by atoms with van der Waals surface area (Å²) >= 11 is 0. The van der Waals surface area contributed by atoms with Crippen molar-refractivity contribution >= 4 is 23.2 Å². The molecule has 0 fully saturated rings. The van der Waals surface area contributed by atoms with Gasteiger partial charge < -0.3 is 25.0 Å². The Morgan fingerprint density at radius 3 is 2.82 bits per heavy atom. The Bertz CT molecular complexity index is 915. The van der Waals surface area contributed by atoms with E-state index in [4.69, 9.17) is 9.47 Å². The van der Waals surface area contributed by atoms with Crippen molar-refractivity contribution in [2.24, 2.45) is 5.92 Å². The number of aryl methyl sites for hydroxylation is 1. The Kier molecular flexibility index (Phi) is 4.70. The van der Waals surface area contributed by atoms with Crippen LogP contribution in [0, 0.1) is 12.8 Å². The maximum atomic E-state index is 12.6. The summed E-state index contributed by atoms with van der Waals surface area (Å²) in [4.78, 5) is 23.6. The molecule has 0 radical (unpaired) electrons. The fourth-order valence-electron chi connectivity index (χ4n) is 3.52. The van der Waals surface area contributed by atoms with Crippen LogP contribution in [0.25, 0.3) is 0 Å². The van der Waals surface area contributed by atoms with Crippen molar-refractivity contribution in [2.75, 3.05) is 29.4 Å². The van der Waals surface area contributed by atoms with Crippen molar-refractivity contribution in [1.29, 1.82) is 0 Å². The van der Waals surface area contributed by atoms with Crippen LogP contribution in [0.4, 0.5) is 17.3 Å². The monoisotopic (exact) mass is 383 g/mol. The molecule has 8 nitrogen and oxygen atoms in total. The fraction of sp³-hybridized carbons (Fsp3) is 0.450. The van der Waals surface area contributed by atoms with Crippen LogP contribution in [0.15, 0.2) is 18.2 Å². The van der Waals surface area contributed by atoms with Gasteiger partial charge in [-0.2, -0.15) is 0 Å². The van der Waals surface area contributed by atoms with Crippen molar-refractivity contribution in [1.82, 2.24) is 9.97 Å². The number of anilines is 3. The van der Waals surface area contributed by atoms with E-state index in [1.165, 1.54) is 0 Å². The van der Waals surface area contributed by atoms with Crippen LogP contribution < -0.4 is 25.0 Å². The third-order valence-electron chi connectivity index (χ3n) is 4.80. The van der Waals surface area contributed by atoms with Crippen LogP contribution in [-0.4, -0.2) is 35.8 Å². The van der Waals surface area contributed by atoms with E-state index in [9.17, 15) is 4.79 Å². The molecule has 8 heteroatoms. The van der Waals surface area contributed by atoms with E-state index in [0.717, 1.165) is 23.5 Å². The molecule has 28 heavy (non-hydrogen) atoms. The van der Waals surface area contributed by atoms with Crippen molar-refractivity contribution < 1.29 is 14.3 Å². The first-order valence-electron chi connectivity index (χ1n) is 9.46. The lowest BCUT2D eigenvalue weighted by Crippen LogP contribution is -2.41. The summed E-state index contributed by atoms with van der Waals surface area (Å²) in [6, 6.07) is 5.59. The van der Waals surface area contributed by atoms with Gasteiger partial charge in [0, 0.05) is 13.6 Å². The van der Waals surface area contributed by atoms with E-state index in [2.05, 4.69) is 34.4 Å². The number of carbonyl (C=O) groups is 1. The Balaban J connectivity index is 1.60. The summed E-state index contributed by atoms with van der Waals surface area (Å²) in [5, 5.41) is 6.29. The van der Waals surface area contributed by atoms with Gasteiger partial charge in [-0.25, -0.2) is 9.97 Å². The number of aromatic nitrogens is 2. The highest BCUT2D eigenvalue weighted by Gasteiger charge is 2.30. The largest absolute Gasteiger partial charge is 0.454 e. The number of nitrogens with one attached hydrogen (secondary N) is 2. The molecule has 4 rings (SSSR count). The molecule has 0 saturated carbocycles. The summed E-state index contributed by atoms with van der Waals surface area (Å²) in [5.74, 6) is 3.87. The molecule has 1 unspecified atom stereocenters. The summed E-state index contributed by atoms with van der Waals surface area (Å²) in [6.07, 6.45) is 0.747. The molecule has 1 aromatic heterocycles. The minimum Gasteiger partial charge on any atom is -0.454 e. The van der Waals surface area contributed by atoms with Gasteiger partial charge in [-0.1, -0.05) is 19.9 Å². The highest BCUT2D eigenvalue weighted by molar-refractivity contribution is 6.05. The summed E-state index contributed by atoms with van der Waals surface area (Å²) in [6.45, 7) is 6.90. The van der Waals surface area contributed by atoms with Gasteiger partial charge in [-0.05, 0) is 37.0 Å². The third kappa shape index (κ3) is 3.54. The van der Waals surface area contributed by atoms with Crippen molar-refractivity contribution in [3.8, 4) is 11.5 Å². The second-order valence-corrected chi connectivity index (χ2v) is 7.68. The standard InChI is InChI=1S/C20H25N5O3/c1-11(2)7-14-20(26)24-17-18(23-14)21-12(3)22-19(17)25(4)9-13-5-6-15-16(8-13)28-10-27-15/h5-6,8,11,14H,7,9-10H2,1-4H3,(H,24,26)(H,21,22,23). The first-order chi connectivity index (χ1) is 13.4. The molecule has 1 aromatic carbocycles. The Morgan fingerprint density at radius 2 is 2.04 bits per heavy atom. The van der Waals surface area contributed by atoms with Gasteiger partial charge in [0.25, 0.3) is 0 Å². The summed E-state index contributed by atoms with van der Waals surface area (Å²) < 4.78 is 10.8. The number of nitrogens with zero attached hydrogens (tertiary/aromatic N) is 3. The van der Waals surface area contributed by atoms with E-state index < -0.39 is 0 Å². The minimum atomic E-state index is -0.284. The van der Waals surface area contributed by atoms with Crippen molar-refractivity contribution in [3.63, 3.8) is 0 Å². The van der Waals surface area contributed by atoms with Crippen LogP contribution in [0.5, 0.6) is 11.5 Å². The first kappa shape index (κ1) is 18.3. The second-order valence-electron chi connectivity index (χ2n) is 7.68. The van der Waals surface area contributed by atoms with Crippen LogP contribution in [0.2, 0.25) is 0 Å². The molecule has 0 saturated heterocycles. The van der Waals surface area contributed by atoms with Crippen molar-refractivity contribution in [3.05, 3.63) is 29.6 Å². The van der Waals surface area contributed by atoms with E-state index in [-0.39, 0.29) is 18.7 Å². The van der Waals surface area contributed by atoms with Gasteiger partial charge in [0.1, 0.15) is 17.6 Å². The lowest BCUT2D eigenvalue weighted by Gasteiger charge is -2.30. The number of amides is 1. The van der Waals surface area contributed by atoms with Gasteiger partial charge in [0.05, 0.1) is 0 Å². The summed E-state index contributed by atoms with van der Waals surface area (Å²) in [7, 11) is 1.94. The number of ether oxygens (including phenoxy) is 2. The van der Waals surface area contributed by atoms with Crippen LogP contribution in [0.3, 0.4) is 0 Å². The zero-order valence-electron chi connectivity index (χ0n) is 16.6. The van der Waals surface area contributed by atoms with Crippen molar-refractivity contribution in [2.45, 2.75) is 39.8 Å². The maximum Gasteiger partial charge on any atom is 0.247 e. The zero-order chi connectivity index (χ0) is 19.8. The lowest BCUT2D eigenvalue weighted by atomic mass is 10.0. The molecular formula is C20H25N5O3. The molecule has 0 spiro atoms. The molecule has 2 aliphatic rings. The molecule has 2 N–H and O–H groups in total. The molecule has 1 atom stereocenters. The third-order valence-corrected chi connectivity index (χ3v) is 4.80. The molecular weight excluding hydrogens is 358 g/mol. The van der Waals surface area contributed by atoms with E-state index >= 15 is 0 Å². The number of carbonyl (C=O) groups excluding carboxylic acids is 1. The average Bonchev–Trinajstić information content (AvgIpc) is 3.09. The normalized spacial score (nSPS) is 17.2. The predicted octanol–water partition coefficient (Wildman–Crippen LogP) is 2.93. The molecule has 0 bridgehead atoms. The van der Waals surface area contributed by atoms with Gasteiger partial charge >= 0.3 is 0 Å². The van der Waals surface area contributed by atoms with Crippen LogP contribution >= 0.6 is 0 Å². The zero-order valence-corrected chi connectivity index (χ0v) is 16.6. The van der Waals surface area contributed by atoms with Gasteiger partial charge in [0.15, 0.2) is 23.1 Å². The minimum absolute atomic E-state index is 0.0496. The van der Waals surface area contributed by atoms with E-state index in [0.29, 0.717) is 35.6 Å². The lowest BCUT2D eigenvalue weighted by molar-refractivity contribution is -0.117. The molecule has 2 aromatic rings. The molecule has 0 aliphatic carbocycles. The van der Waals surface area contributed by atoms with E-state index in [1.54, 1.807) is 0 Å². The molecule has 1 amide bonds. The maximum absolute atomic E-state index is 12.6. The fourth-order valence-corrected chi connectivity index (χ4v) is 3.52.